The number of rotatable bonds is 7. The van der Waals surface area contributed by atoms with E-state index < -0.39 is 5.97 Å². The van der Waals surface area contributed by atoms with Crippen molar-refractivity contribution in [3.63, 3.8) is 0 Å². The quantitative estimate of drug-likeness (QED) is 0.478. The maximum absolute atomic E-state index is 10.6. The van der Waals surface area contributed by atoms with Crippen LogP contribution in [-0.4, -0.2) is 34.5 Å². The number of hydrogen-bond acceptors (Lipinski definition) is 2. The summed E-state index contributed by atoms with van der Waals surface area (Å²) in [4.78, 5) is 12.9. The minimum atomic E-state index is -0.735. The molecule has 118 valence electrons. The highest BCUT2D eigenvalue weighted by Gasteiger charge is 2.16. The molecule has 1 N–H and O–H groups in total. The number of halogens is 2. The number of aliphatic carboxylic acids is 1. The highest BCUT2D eigenvalue weighted by molar-refractivity contribution is 9.12. The van der Waals surface area contributed by atoms with Gasteiger partial charge in [0.1, 0.15) is 0 Å². The molecule has 0 aromatic carbocycles. The fourth-order valence-corrected chi connectivity index (χ4v) is 3.30. The monoisotopic (exact) mass is 427 g/mol. The van der Waals surface area contributed by atoms with Crippen LogP contribution in [0.25, 0.3) is 0 Å². The van der Waals surface area contributed by atoms with E-state index in [1.807, 2.05) is 0 Å². The maximum atomic E-state index is 10.6. The van der Waals surface area contributed by atoms with Gasteiger partial charge in [0.25, 0.3) is 0 Å². The average Bonchev–Trinajstić information content (AvgIpc) is 2.81. The van der Waals surface area contributed by atoms with E-state index in [1.54, 1.807) is 0 Å². The molecule has 2 bridgehead atoms. The fourth-order valence-electron chi connectivity index (χ4n) is 2.47. The molecule has 0 unspecified atom stereocenters. The average molecular weight is 429 g/mol. The predicted molar refractivity (Wildman–Crippen MR) is 97.3 cm³/mol. The number of hydrogen-bond donors (Lipinski definition) is 1. The van der Waals surface area contributed by atoms with E-state index in [2.05, 4.69) is 73.2 Å². The molecule has 0 aromatic heterocycles. The van der Waals surface area contributed by atoms with Crippen molar-refractivity contribution < 1.29 is 9.90 Å². The van der Waals surface area contributed by atoms with Gasteiger partial charge in [-0.15, -0.1) is 0 Å². The molecule has 0 saturated heterocycles. The number of carboxylic acids is 1. The molecular weight excluding hydrogens is 410 g/mol. The van der Waals surface area contributed by atoms with Gasteiger partial charge >= 0.3 is 5.97 Å². The van der Waals surface area contributed by atoms with E-state index in [1.165, 1.54) is 16.7 Å². The zero-order valence-corrected chi connectivity index (χ0v) is 15.4. The van der Waals surface area contributed by atoms with Crippen molar-refractivity contribution in [1.82, 2.24) is 4.90 Å². The Balaban J connectivity index is 2.06. The van der Waals surface area contributed by atoms with Gasteiger partial charge in [-0.05, 0) is 42.2 Å². The van der Waals surface area contributed by atoms with E-state index in [9.17, 15) is 4.79 Å². The van der Waals surface area contributed by atoms with Crippen molar-refractivity contribution in [2.45, 2.75) is 19.3 Å². The van der Waals surface area contributed by atoms with Crippen molar-refractivity contribution in [3.05, 3.63) is 57.7 Å². The van der Waals surface area contributed by atoms with E-state index in [0.29, 0.717) is 6.42 Å². The molecule has 0 fully saturated rings. The van der Waals surface area contributed by atoms with Crippen molar-refractivity contribution in [2.24, 2.45) is 0 Å². The summed E-state index contributed by atoms with van der Waals surface area (Å²) in [5.41, 5.74) is 4.61. The van der Waals surface area contributed by atoms with Crippen LogP contribution >= 0.6 is 31.9 Å². The lowest BCUT2D eigenvalue weighted by Gasteiger charge is -2.22. The summed E-state index contributed by atoms with van der Waals surface area (Å²) < 4.78 is 1.12. The third-order valence-corrected chi connectivity index (χ3v) is 5.15. The molecular formula is C17H19Br2NO2. The topological polar surface area (TPSA) is 40.5 Å². The number of nitrogens with zero attached hydrogens (tertiary/aromatic N) is 1. The van der Waals surface area contributed by atoms with Gasteiger partial charge in [0.15, 0.2) is 0 Å². The summed E-state index contributed by atoms with van der Waals surface area (Å²) in [5, 5.41) is 8.76. The highest BCUT2D eigenvalue weighted by atomic mass is 79.9. The third-order valence-electron chi connectivity index (χ3n) is 3.66. The molecule has 0 aromatic rings. The van der Waals surface area contributed by atoms with E-state index in [0.717, 1.165) is 29.4 Å². The molecule has 0 saturated carbocycles. The Hall–Kier alpha value is -0.910. The minimum Gasteiger partial charge on any atom is -0.481 e. The van der Waals surface area contributed by atoms with E-state index in [4.69, 9.17) is 5.11 Å². The summed E-state index contributed by atoms with van der Waals surface area (Å²) in [6, 6.07) is 0. The van der Waals surface area contributed by atoms with Crippen LogP contribution in [0.4, 0.5) is 0 Å². The van der Waals surface area contributed by atoms with Gasteiger partial charge in [-0.2, -0.15) is 0 Å². The second-order valence-electron chi connectivity index (χ2n) is 5.32. The Kier molecular flexibility index (Phi) is 6.86. The third kappa shape index (κ3) is 5.07. The van der Waals surface area contributed by atoms with Gasteiger partial charge in [0.2, 0.25) is 0 Å². The van der Waals surface area contributed by atoms with Gasteiger partial charge in [-0.3, -0.25) is 9.69 Å². The normalized spacial score (nSPS) is 17.2. The second kappa shape index (κ2) is 8.65. The van der Waals surface area contributed by atoms with Crippen LogP contribution in [0.5, 0.6) is 0 Å². The molecule has 0 radical (unpaired) electrons. The number of allylic oxidation sites excluding steroid dienone is 8. The Morgan fingerprint density at radius 3 is 2.59 bits per heavy atom. The molecule has 2 aliphatic rings. The van der Waals surface area contributed by atoms with Crippen LogP contribution in [0, 0.1) is 0 Å². The van der Waals surface area contributed by atoms with Crippen molar-refractivity contribution >= 4 is 37.8 Å². The van der Waals surface area contributed by atoms with Crippen LogP contribution in [0.2, 0.25) is 0 Å². The fraction of sp³-hybridized carbons (Fsp3) is 0.353. The lowest BCUT2D eigenvalue weighted by atomic mass is 10.00. The van der Waals surface area contributed by atoms with Gasteiger partial charge in [0, 0.05) is 17.4 Å². The molecule has 22 heavy (non-hydrogen) atoms. The summed E-state index contributed by atoms with van der Waals surface area (Å²) in [6.07, 6.45) is 14.5. The molecule has 0 heterocycles. The van der Waals surface area contributed by atoms with Gasteiger partial charge in [-0.25, -0.2) is 0 Å². The highest BCUT2D eigenvalue weighted by Crippen LogP contribution is 2.32. The Labute approximate surface area is 148 Å². The van der Waals surface area contributed by atoms with Crippen molar-refractivity contribution in [2.75, 3.05) is 18.5 Å². The number of alkyl halides is 1. The molecule has 5 heteroatoms. The zero-order chi connectivity index (χ0) is 15.9. The SMILES string of the molecule is O=C(O)CCCN(CBr)CC1=CC=C(Br)C2=CC=CC=C1C2. The Bertz CT molecular complexity index is 585. The Morgan fingerprint density at radius 1 is 1.18 bits per heavy atom. The first-order valence-electron chi connectivity index (χ1n) is 7.23. The van der Waals surface area contributed by atoms with Crippen molar-refractivity contribution in [3.8, 4) is 0 Å². The molecule has 2 rings (SSSR count). The molecule has 0 atom stereocenters. The predicted octanol–water partition coefficient (Wildman–Crippen LogP) is 4.54. The number of fused-ring (bicyclic) bond motifs is 2. The van der Waals surface area contributed by atoms with Gasteiger partial charge in [0.05, 0.1) is 5.45 Å². The van der Waals surface area contributed by atoms with Crippen molar-refractivity contribution in [1.29, 1.82) is 0 Å². The van der Waals surface area contributed by atoms with Crippen LogP contribution in [0.1, 0.15) is 19.3 Å². The molecule has 0 amide bonds. The number of carbonyl (C=O) groups is 1. The second-order valence-corrected chi connectivity index (χ2v) is 6.68. The van der Waals surface area contributed by atoms with Gasteiger partial charge < -0.3 is 5.11 Å². The van der Waals surface area contributed by atoms with Crippen LogP contribution in [0.15, 0.2) is 57.7 Å². The lowest BCUT2D eigenvalue weighted by Crippen LogP contribution is -2.26. The summed E-state index contributed by atoms with van der Waals surface area (Å²) in [7, 11) is 0. The Morgan fingerprint density at radius 2 is 1.91 bits per heavy atom. The van der Waals surface area contributed by atoms with Crippen LogP contribution in [-0.2, 0) is 4.79 Å². The largest absolute Gasteiger partial charge is 0.481 e. The molecule has 2 aliphatic carbocycles. The minimum absolute atomic E-state index is 0.215. The molecule has 3 nitrogen and oxygen atoms in total. The smallest absolute Gasteiger partial charge is 0.303 e. The zero-order valence-electron chi connectivity index (χ0n) is 12.3. The van der Waals surface area contributed by atoms with Crippen LogP contribution < -0.4 is 0 Å². The molecule has 0 aliphatic heterocycles. The first kappa shape index (κ1) is 17.4. The summed E-state index contributed by atoms with van der Waals surface area (Å²) in [6.45, 7) is 1.58. The summed E-state index contributed by atoms with van der Waals surface area (Å²) >= 11 is 7.13. The van der Waals surface area contributed by atoms with Gasteiger partial charge in [-0.1, -0.05) is 62.2 Å². The first-order chi connectivity index (χ1) is 10.6. The first-order valence-corrected chi connectivity index (χ1v) is 9.15. The van der Waals surface area contributed by atoms with Crippen LogP contribution in [0.3, 0.4) is 0 Å². The maximum Gasteiger partial charge on any atom is 0.303 e. The molecule has 0 spiro atoms. The summed E-state index contributed by atoms with van der Waals surface area (Å²) in [5.74, 6) is -0.735. The lowest BCUT2D eigenvalue weighted by molar-refractivity contribution is -0.137. The van der Waals surface area contributed by atoms with E-state index >= 15 is 0 Å². The number of carboxylic acid groups (broad SMARTS) is 1. The van der Waals surface area contributed by atoms with E-state index in [-0.39, 0.29) is 6.42 Å². The standard InChI is InChI=1S/C17H19Br2NO2/c18-12-20(9-3-6-17(21)22)11-15-7-8-16(19)14-5-2-1-4-13(15)10-14/h1-2,4-5,7-8H,3,6,9-12H2,(H,21,22).